The van der Waals surface area contributed by atoms with Crippen LogP contribution < -0.4 is 0 Å². The van der Waals surface area contributed by atoms with Gasteiger partial charge in [0, 0.05) is 20.5 Å². The maximum Gasteiger partial charge on any atom is 0.152 e. The van der Waals surface area contributed by atoms with Crippen LogP contribution in [0.1, 0.15) is 12.8 Å². The zero-order valence-corrected chi connectivity index (χ0v) is 12.1. The molecular formula is C10H12Br2O2S. The fourth-order valence-electron chi connectivity index (χ4n) is 3.39. The van der Waals surface area contributed by atoms with Gasteiger partial charge in [0.2, 0.25) is 0 Å². The van der Waals surface area contributed by atoms with E-state index in [9.17, 15) is 8.42 Å². The van der Waals surface area contributed by atoms with Gasteiger partial charge in [0.15, 0.2) is 9.84 Å². The molecule has 1 saturated carbocycles. The van der Waals surface area contributed by atoms with Crippen molar-refractivity contribution in [3.63, 3.8) is 0 Å². The largest absolute Gasteiger partial charge is 0.229 e. The summed E-state index contributed by atoms with van der Waals surface area (Å²) in [7, 11) is -2.83. The fraction of sp³-hybridized carbons (Fsp3) is 0.800. The Morgan fingerprint density at radius 2 is 1.40 bits per heavy atom. The molecule has 0 spiro atoms. The maximum atomic E-state index is 11.8. The Kier molecular flexibility index (Phi) is 2.09. The molecule has 3 rings (SSSR count). The molecule has 0 aromatic heterocycles. The Labute approximate surface area is 107 Å². The number of allylic oxidation sites excluding steroid dienone is 2. The van der Waals surface area contributed by atoms with E-state index in [1.807, 2.05) is 0 Å². The summed E-state index contributed by atoms with van der Waals surface area (Å²) >= 11 is 7.29. The van der Waals surface area contributed by atoms with Crippen LogP contribution >= 0.6 is 31.9 Å². The highest BCUT2D eigenvalue weighted by Gasteiger charge is 2.65. The van der Waals surface area contributed by atoms with Gasteiger partial charge in [-0.1, -0.05) is 44.0 Å². The third kappa shape index (κ3) is 1.29. The lowest BCUT2D eigenvalue weighted by atomic mass is 9.51. The summed E-state index contributed by atoms with van der Waals surface area (Å²) in [5.41, 5.74) is -0.103. The second-order valence-corrected chi connectivity index (χ2v) is 9.53. The minimum Gasteiger partial charge on any atom is -0.229 e. The van der Waals surface area contributed by atoms with Gasteiger partial charge in [-0.05, 0) is 12.8 Å². The van der Waals surface area contributed by atoms with E-state index in [-0.39, 0.29) is 10.8 Å². The lowest BCUT2D eigenvalue weighted by Gasteiger charge is -2.54. The van der Waals surface area contributed by atoms with Gasteiger partial charge in [-0.3, -0.25) is 0 Å². The van der Waals surface area contributed by atoms with E-state index < -0.39 is 9.84 Å². The maximum absolute atomic E-state index is 11.8. The SMILES string of the molecule is O=S1(=O)C[C@@]23C=C[C@@]2(C[C@@H](Br)[C@@H](Br)C3)C1. The Morgan fingerprint density at radius 3 is 1.73 bits per heavy atom. The molecule has 0 amide bonds. The molecule has 3 aliphatic rings. The molecule has 0 radical (unpaired) electrons. The molecule has 15 heavy (non-hydrogen) atoms. The summed E-state index contributed by atoms with van der Waals surface area (Å²) in [6, 6.07) is 0. The highest BCUT2D eigenvalue weighted by molar-refractivity contribution is 9.12. The van der Waals surface area contributed by atoms with Gasteiger partial charge in [0.25, 0.3) is 0 Å². The lowest BCUT2D eigenvalue weighted by Crippen LogP contribution is -2.53. The van der Waals surface area contributed by atoms with Crippen molar-refractivity contribution < 1.29 is 8.42 Å². The zero-order chi connectivity index (χ0) is 10.9. The van der Waals surface area contributed by atoms with Crippen LogP contribution in [0.3, 0.4) is 0 Å². The van der Waals surface area contributed by atoms with Crippen LogP contribution in [0.25, 0.3) is 0 Å². The first-order valence-corrected chi connectivity index (χ1v) is 8.72. The molecule has 2 nitrogen and oxygen atoms in total. The molecule has 2 fully saturated rings. The summed E-state index contributed by atoms with van der Waals surface area (Å²) in [6.45, 7) is 0. The molecule has 1 heterocycles. The normalized spacial score (nSPS) is 55.6. The first-order chi connectivity index (χ1) is 6.88. The minimum atomic E-state index is -2.83. The second kappa shape index (κ2) is 2.91. The Morgan fingerprint density at radius 1 is 1.00 bits per heavy atom. The Hall–Kier alpha value is 0.650. The van der Waals surface area contributed by atoms with E-state index in [1.54, 1.807) is 0 Å². The molecule has 0 aromatic carbocycles. The molecular weight excluding hydrogens is 344 g/mol. The van der Waals surface area contributed by atoms with Crippen molar-refractivity contribution >= 4 is 41.7 Å². The van der Waals surface area contributed by atoms with E-state index in [0.29, 0.717) is 21.2 Å². The van der Waals surface area contributed by atoms with E-state index in [2.05, 4.69) is 44.0 Å². The van der Waals surface area contributed by atoms with Gasteiger partial charge in [0.1, 0.15) is 0 Å². The fourth-order valence-corrected chi connectivity index (χ4v) is 7.59. The topological polar surface area (TPSA) is 34.1 Å². The highest BCUT2D eigenvalue weighted by atomic mass is 79.9. The van der Waals surface area contributed by atoms with Crippen LogP contribution in [0.15, 0.2) is 12.2 Å². The predicted molar refractivity (Wildman–Crippen MR) is 67.3 cm³/mol. The van der Waals surface area contributed by atoms with Gasteiger partial charge in [-0.2, -0.15) is 0 Å². The first-order valence-electron chi connectivity index (χ1n) is 5.07. The lowest BCUT2D eigenvalue weighted by molar-refractivity contribution is 0.109. The summed E-state index contributed by atoms with van der Waals surface area (Å²) in [6.07, 6.45) is 6.15. The number of halogens is 2. The van der Waals surface area contributed by atoms with Crippen LogP contribution in [0.2, 0.25) is 0 Å². The van der Waals surface area contributed by atoms with Gasteiger partial charge in [-0.15, -0.1) is 0 Å². The van der Waals surface area contributed by atoms with E-state index in [1.165, 1.54) is 0 Å². The third-order valence-corrected chi connectivity index (χ3v) is 8.72. The van der Waals surface area contributed by atoms with Crippen LogP contribution in [-0.2, 0) is 9.84 Å². The molecule has 1 aliphatic heterocycles. The summed E-state index contributed by atoms with van der Waals surface area (Å²) in [5, 5.41) is 0. The van der Waals surface area contributed by atoms with Gasteiger partial charge >= 0.3 is 0 Å². The number of rotatable bonds is 0. The molecule has 4 atom stereocenters. The van der Waals surface area contributed by atoms with Crippen LogP contribution in [0.4, 0.5) is 0 Å². The van der Waals surface area contributed by atoms with Crippen molar-refractivity contribution in [3.05, 3.63) is 12.2 Å². The highest BCUT2D eigenvalue weighted by Crippen LogP contribution is 2.65. The second-order valence-electron chi connectivity index (χ2n) is 5.12. The van der Waals surface area contributed by atoms with E-state index >= 15 is 0 Å². The van der Waals surface area contributed by atoms with Crippen LogP contribution in [-0.4, -0.2) is 29.6 Å². The molecule has 84 valence electrons. The van der Waals surface area contributed by atoms with Crippen molar-refractivity contribution in [3.8, 4) is 0 Å². The standard InChI is InChI=1S/C10H12Br2O2S/c11-7-3-9-1-2-10(9,4-8(7)12)6-15(13,14)5-9/h1-2,7-8H,3-6H2/t7-,8+,9-,10+. The molecule has 0 N–H and O–H groups in total. The van der Waals surface area contributed by atoms with Crippen molar-refractivity contribution in [2.75, 3.05) is 11.5 Å². The molecule has 2 aliphatic carbocycles. The smallest absolute Gasteiger partial charge is 0.152 e. The average Bonchev–Trinajstić information content (AvgIpc) is 2.25. The predicted octanol–water partition coefficient (Wildman–Crippen LogP) is 2.28. The Balaban J connectivity index is 2.06. The van der Waals surface area contributed by atoms with Gasteiger partial charge < -0.3 is 0 Å². The van der Waals surface area contributed by atoms with E-state index in [4.69, 9.17) is 0 Å². The molecule has 5 heteroatoms. The van der Waals surface area contributed by atoms with Crippen LogP contribution in [0, 0.1) is 10.8 Å². The number of alkyl halides is 2. The molecule has 0 bridgehead atoms. The summed E-state index contributed by atoms with van der Waals surface area (Å²) < 4.78 is 23.6. The quantitative estimate of drug-likeness (QED) is 0.493. The first kappa shape index (κ1) is 10.8. The van der Waals surface area contributed by atoms with E-state index in [0.717, 1.165) is 12.8 Å². The number of sulfone groups is 1. The molecule has 0 unspecified atom stereocenters. The molecule has 0 aromatic rings. The summed E-state index contributed by atoms with van der Waals surface area (Å²) in [5.74, 6) is 0.719. The number of hydrogen-bond acceptors (Lipinski definition) is 2. The monoisotopic (exact) mass is 354 g/mol. The van der Waals surface area contributed by atoms with Gasteiger partial charge in [0.05, 0.1) is 11.5 Å². The zero-order valence-electron chi connectivity index (χ0n) is 8.12. The van der Waals surface area contributed by atoms with Crippen molar-refractivity contribution in [2.24, 2.45) is 10.8 Å². The number of hydrogen-bond donors (Lipinski definition) is 0. The third-order valence-electron chi connectivity index (χ3n) is 4.18. The Bertz CT molecular complexity index is 410. The van der Waals surface area contributed by atoms with Gasteiger partial charge in [-0.25, -0.2) is 8.42 Å². The molecule has 1 saturated heterocycles. The van der Waals surface area contributed by atoms with Crippen molar-refractivity contribution in [1.82, 2.24) is 0 Å². The van der Waals surface area contributed by atoms with Crippen molar-refractivity contribution in [2.45, 2.75) is 22.5 Å². The minimum absolute atomic E-state index is 0.0513. The van der Waals surface area contributed by atoms with Crippen LogP contribution in [0.5, 0.6) is 0 Å². The summed E-state index contributed by atoms with van der Waals surface area (Å²) in [4.78, 5) is 0.785. The average molecular weight is 356 g/mol. The van der Waals surface area contributed by atoms with Crippen molar-refractivity contribution in [1.29, 1.82) is 0 Å².